The summed E-state index contributed by atoms with van der Waals surface area (Å²) >= 11 is 0. The highest BCUT2D eigenvalue weighted by Gasteiger charge is 2.37. The molecule has 0 radical (unpaired) electrons. The van der Waals surface area contributed by atoms with Crippen LogP contribution in [0.5, 0.6) is 0 Å². The standard InChI is InChI=1S/C23H20F6N4O/c1-13-2-4-17(23(27,28)29)16(8-13)21(34)33-7-6-14(12-33)10-31-20-11-30-19-9-15(22(24,25)26)3-5-18(19)32-20/h2-5,8-9,11,14H,6-7,10,12H2,1H3,(H,31,32). The Balaban J connectivity index is 1.41. The van der Waals surface area contributed by atoms with Gasteiger partial charge in [0.1, 0.15) is 5.82 Å². The molecule has 1 unspecified atom stereocenters. The number of nitrogens with zero attached hydrogens (tertiary/aromatic N) is 3. The third-order valence-electron chi connectivity index (χ3n) is 5.73. The normalized spacial score (nSPS) is 16.8. The molecule has 3 aromatic rings. The van der Waals surface area contributed by atoms with Crippen molar-refractivity contribution in [3.8, 4) is 0 Å². The summed E-state index contributed by atoms with van der Waals surface area (Å²) in [6, 6.07) is 6.60. The Hall–Kier alpha value is -3.37. The number of rotatable bonds is 4. The third-order valence-corrected chi connectivity index (χ3v) is 5.73. The number of likely N-dealkylation sites (tertiary alicyclic amines) is 1. The third kappa shape index (κ3) is 5.07. The minimum Gasteiger partial charge on any atom is -0.368 e. The molecule has 34 heavy (non-hydrogen) atoms. The van der Waals surface area contributed by atoms with E-state index in [9.17, 15) is 31.1 Å². The summed E-state index contributed by atoms with van der Waals surface area (Å²) in [5.41, 5.74) is -1.17. The smallest absolute Gasteiger partial charge is 0.368 e. The number of nitrogens with one attached hydrogen (secondary N) is 1. The van der Waals surface area contributed by atoms with Crippen molar-refractivity contribution in [2.75, 3.05) is 25.0 Å². The highest BCUT2D eigenvalue weighted by atomic mass is 19.4. The van der Waals surface area contributed by atoms with Gasteiger partial charge < -0.3 is 10.2 Å². The van der Waals surface area contributed by atoms with Gasteiger partial charge >= 0.3 is 12.4 Å². The predicted octanol–water partition coefficient (Wildman–Crippen LogP) is 5.55. The van der Waals surface area contributed by atoms with Gasteiger partial charge in [0.2, 0.25) is 0 Å². The van der Waals surface area contributed by atoms with Crippen molar-refractivity contribution in [1.29, 1.82) is 0 Å². The molecule has 4 rings (SSSR count). The largest absolute Gasteiger partial charge is 0.417 e. The van der Waals surface area contributed by atoms with Crippen LogP contribution in [0.4, 0.5) is 32.2 Å². The molecular formula is C23H20F6N4O. The lowest BCUT2D eigenvalue weighted by Crippen LogP contribution is -2.31. The van der Waals surface area contributed by atoms with Gasteiger partial charge in [-0.2, -0.15) is 26.3 Å². The maximum atomic E-state index is 13.4. The maximum absolute atomic E-state index is 13.4. The lowest BCUT2D eigenvalue weighted by Gasteiger charge is -2.20. The van der Waals surface area contributed by atoms with Crippen LogP contribution in [0, 0.1) is 12.8 Å². The molecule has 1 aromatic heterocycles. The highest BCUT2D eigenvalue weighted by Crippen LogP contribution is 2.34. The number of carbonyl (C=O) groups is 1. The number of anilines is 1. The summed E-state index contributed by atoms with van der Waals surface area (Å²) in [5.74, 6) is -0.340. The number of aromatic nitrogens is 2. The van der Waals surface area contributed by atoms with Crippen LogP contribution in [0.15, 0.2) is 42.6 Å². The first-order valence-corrected chi connectivity index (χ1v) is 10.5. The van der Waals surface area contributed by atoms with Crippen molar-refractivity contribution < 1.29 is 31.1 Å². The van der Waals surface area contributed by atoms with Crippen molar-refractivity contribution >= 4 is 22.8 Å². The van der Waals surface area contributed by atoms with Gasteiger partial charge in [0, 0.05) is 19.6 Å². The Morgan fingerprint density at radius 3 is 2.53 bits per heavy atom. The quantitative estimate of drug-likeness (QED) is 0.496. The fraction of sp³-hybridized carbons (Fsp3) is 0.348. The van der Waals surface area contributed by atoms with Gasteiger partial charge in [0.25, 0.3) is 5.91 Å². The van der Waals surface area contributed by atoms with Crippen LogP contribution in [-0.4, -0.2) is 40.4 Å². The number of halogens is 6. The Morgan fingerprint density at radius 1 is 1.06 bits per heavy atom. The van der Waals surface area contributed by atoms with E-state index in [4.69, 9.17) is 0 Å². The molecular weight excluding hydrogens is 462 g/mol. The number of hydrogen-bond acceptors (Lipinski definition) is 4. The number of alkyl halides is 6. The zero-order valence-corrected chi connectivity index (χ0v) is 18.0. The van der Waals surface area contributed by atoms with Gasteiger partial charge in [0.05, 0.1) is 33.9 Å². The first kappa shape index (κ1) is 23.8. The molecule has 0 spiro atoms. The van der Waals surface area contributed by atoms with Crippen molar-refractivity contribution in [2.45, 2.75) is 25.7 Å². The van der Waals surface area contributed by atoms with Crippen LogP contribution in [0.25, 0.3) is 11.0 Å². The molecule has 2 heterocycles. The molecule has 5 nitrogen and oxygen atoms in total. The Bertz CT molecular complexity index is 1220. The summed E-state index contributed by atoms with van der Waals surface area (Å²) < 4.78 is 78.6. The Labute approximate surface area is 190 Å². The monoisotopic (exact) mass is 482 g/mol. The fourth-order valence-electron chi connectivity index (χ4n) is 3.96. The molecule has 0 bridgehead atoms. The minimum atomic E-state index is -4.63. The summed E-state index contributed by atoms with van der Waals surface area (Å²) in [7, 11) is 0. The van der Waals surface area contributed by atoms with E-state index in [1.165, 1.54) is 29.3 Å². The van der Waals surface area contributed by atoms with Gasteiger partial charge in [-0.3, -0.25) is 9.78 Å². The van der Waals surface area contributed by atoms with Gasteiger partial charge in [-0.05, 0) is 49.6 Å². The maximum Gasteiger partial charge on any atom is 0.417 e. The zero-order chi connectivity index (χ0) is 24.7. The second kappa shape index (κ2) is 8.77. The van der Waals surface area contributed by atoms with Crippen molar-refractivity contribution in [1.82, 2.24) is 14.9 Å². The number of fused-ring (bicyclic) bond motifs is 1. The molecule has 11 heteroatoms. The van der Waals surface area contributed by atoms with Gasteiger partial charge in [-0.25, -0.2) is 4.98 Å². The average Bonchev–Trinajstić information content (AvgIpc) is 3.24. The van der Waals surface area contributed by atoms with Crippen molar-refractivity contribution in [2.24, 2.45) is 5.92 Å². The van der Waals surface area contributed by atoms with Crippen LogP contribution >= 0.6 is 0 Å². The number of carbonyl (C=O) groups excluding carboxylic acids is 1. The summed E-state index contributed by atoms with van der Waals surface area (Å²) in [6.45, 7) is 2.60. The number of amides is 1. The molecule has 1 saturated heterocycles. The number of hydrogen-bond donors (Lipinski definition) is 1. The predicted molar refractivity (Wildman–Crippen MR) is 113 cm³/mol. The van der Waals surface area contributed by atoms with Crippen LogP contribution < -0.4 is 5.32 Å². The van der Waals surface area contributed by atoms with E-state index in [-0.39, 0.29) is 23.5 Å². The SMILES string of the molecule is Cc1ccc(C(F)(F)F)c(C(=O)N2CCC(CNc3cnc4cc(C(F)(F)F)ccc4n3)C2)c1. The van der Waals surface area contributed by atoms with E-state index in [1.807, 2.05) is 0 Å². The Morgan fingerprint density at radius 2 is 1.82 bits per heavy atom. The van der Waals surface area contributed by atoms with E-state index in [1.54, 1.807) is 6.92 Å². The first-order chi connectivity index (χ1) is 15.9. The fourth-order valence-corrected chi connectivity index (χ4v) is 3.96. The average molecular weight is 482 g/mol. The van der Waals surface area contributed by atoms with Crippen LogP contribution in [0.2, 0.25) is 0 Å². The molecule has 0 aliphatic carbocycles. The highest BCUT2D eigenvalue weighted by molar-refractivity contribution is 5.96. The zero-order valence-electron chi connectivity index (χ0n) is 18.0. The van der Waals surface area contributed by atoms with Gasteiger partial charge in [-0.15, -0.1) is 0 Å². The van der Waals surface area contributed by atoms with Crippen LogP contribution in [-0.2, 0) is 12.4 Å². The lowest BCUT2D eigenvalue weighted by atomic mass is 10.0. The molecule has 0 saturated carbocycles. The molecule has 1 fully saturated rings. The molecule has 1 atom stereocenters. The molecule has 2 aromatic carbocycles. The summed E-state index contributed by atoms with van der Waals surface area (Å²) in [4.78, 5) is 22.5. The van der Waals surface area contributed by atoms with E-state index < -0.39 is 29.4 Å². The lowest BCUT2D eigenvalue weighted by molar-refractivity contribution is -0.138. The first-order valence-electron chi connectivity index (χ1n) is 10.5. The van der Waals surface area contributed by atoms with Crippen molar-refractivity contribution in [3.05, 3.63) is 64.8 Å². The molecule has 1 N–H and O–H groups in total. The second-order valence-electron chi connectivity index (χ2n) is 8.29. The van der Waals surface area contributed by atoms with Gasteiger partial charge in [0.15, 0.2) is 0 Å². The molecule has 180 valence electrons. The summed E-state index contributed by atoms with van der Waals surface area (Å²) in [5, 5.41) is 3.05. The summed E-state index contributed by atoms with van der Waals surface area (Å²) in [6.07, 6.45) is -7.20. The molecule has 1 aliphatic rings. The molecule has 1 aliphatic heterocycles. The van der Waals surface area contributed by atoms with E-state index >= 15 is 0 Å². The van der Waals surface area contributed by atoms with Crippen LogP contribution in [0.3, 0.4) is 0 Å². The second-order valence-corrected chi connectivity index (χ2v) is 8.29. The van der Waals surface area contributed by atoms with E-state index in [0.29, 0.717) is 36.4 Å². The van der Waals surface area contributed by atoms with Crippen molar-refractivity contribution in [3.63, 3.8) is 0 Å². The number of aryl methyl sites for hydroxylation is 1. The Kier molecular flexibility index (Phi) is 6.13. The van der Waals surface area contributed by atoms with Gasteiger partial charge in [-0.1, -0.05) is 11.6 Å². The number of benzene rings is 2. The molecule has 1 amide bonds. The van der Waals surface area contributed by atoms with Crippen LogP contribution in [0.1, 0.15) is 33.5 Å². The van der Waals surface area contributed by atoms with E-state index in [2.05, 4.69) is 15.3 Å². The van der Waals surface area contributed by atoms with E-state index in [0.717, 1.165) is 18.2 Å². The minimum absolute atomic E-state index is 0.0341. The topological polar surface area (TPSA) is 58.1 Å².